The monoisotopic (exact) mass is 1130 g/mol. The van der Waals surface area contributed by atoms with Gasteiger partial charge in [0.2, 0.25) is 5.95 Å². The molecule has 8 nitrogen and oxygen atoms in total. The average molecular weight is 1130 g/mol. The topological polar surface area (TPSA) is 50.3 Å². The molecule has 4 aromatic heterocycles. The Bertz CT molecular complexity index is 5370. The molecule has 17 aromatic rings. The second kappa shape index (κ2) is 21.0. The Morgan fingerprint density at radius 3 is 0.943 bits per heavy atom. The molecule has 0 saturated carbocycles. The predicted molar refractivity (Wildman–Crippen MR) is 367 cm³/mol. The molecule has 0 aliphatic rings. The molecule has 0 aliphatic carbocycles. The van der Waals surface area contributed by atoms with Crippen LogP contribution in [0.1, 0.15) is 0 Å². The van der Waals surface area contributed by atoms with Crippen LogP contribution in [-0.2, 0) is 0 Å². The Labute approximate surface area is 508 Å². The third kappa shape index (κ3) is 8.37. The van der Waals surface area contributed by atoms with Crippen LogP contribution in [0.5, 0.6) is 0 Å². The van der Waals surface area contributed by atoms with Crippen molar-refractivity contribution in [2.75, 3.05) is 14.7 Å². The minimum absolute atomic E-state index is 0.556. The van der Waals surface area contributed by atoms with E-state index in [1.807, 2.05) is 0 Å². The maximum atomic E-state index is 5.99. The number of aromatic nitrogens is 5. The first-order valence-electron chi connectivity index (χ1n) is 29.8. The van der Waals surface area contributed by atoms with E-state index in [2.05, 4.69) is 356 Å². The summed E-state index contributed by atoms with van der Waals surface area (Å²) in [6, 6.07) is 117. The van der Waals surface area contributed by atoms with Crippen LogP contribution in [0.4, 0.5) is 51.2 Å². The number of benzene rings is 13. The summed E-state index contributed by atoms with van der Waals surface area (Å²) in [4.78, 5) is 18.7. The Kier molecular flexibility index (Phi) is 12.0. The first kappa shape index (κ1) is 50.5. The molecule has 0 spiro atoms. The van der Waals surface area contributed by atoms with Gasteiger partial charge in [0, 0.05) is 94.6 Å². The van der Waals surface area contributed by atoms with Crippen LogP contribution in [0, 0.1) is 0 Å². The molecule has 0 bridgehead atoms. The van der Waals surface area contributed by atoms with Gasteiger partial charge in [0.05, 0.1) is 38.6 Å². The molecule has 0 radical (unpaired) electrons. The fourth-order valence-electron chi connectivity index (χ4n) is 13.3. The fraction of sp³-hybridized carbons (Fsp3) is 0. The van der Waals surface area contributed by atoms with Crippen molar-refractivity contribution >= 4 is 128 Å². The molecular weight excluding hydrogens is 1070 g/mol. The zero-order chi connectivity index (χ0) is 58.1. The van der Waals surface area contributed by atoms with E-state index < -0.39 is 0 Å². The summed E-state index contributed by atoms with van der Waals surface area (Å²) in [7, 11) is 0. The van der Waals surface area contributed by atoms with Crippen molar-refractivity contribution in [2.45, 2.75) is 0 Å². The smallest absolute Gasteiger partial charge is 0.237 e. The largest absolute Gasteiger partial charge is 0.310 e. The van der Waals surface area contributed by atoms with Crippen molar-refractivity contribution in [3.8, 4) is 17.5 Å². The van der Waals surface area contributed by atoms with E-state index in [1.165, 1.54) is 10.8 Å². The third-order valence-electron chi connectivity index (χ3n) is 17.2. The van der Waals surface area contributed by atoms with Crippen LogP contribution in [-0.4, -0.2) is 23.7 Å². The molecule has 4 heterocycles. The van der Waals surface area contributed by atoms with Crippen LogP contribution in [0.25, 0.3) is 93.8 Å². The summed E-state index contributed by atoms with van der Waals surface area (Å²) in [6.45, 7) is 0. The van der Waals surface area contributed by atoms with E-state index in [9.17, 15) is 0 Å². The molecule has 17 rings (SSSR count). The number of hydrogen-bond acceptors (Lipinski definition) is 5. The lowest BCUT2D eigenvalue weighted by atomic mass is 10.1. The minimum Gasteiger partial charge on any atom is -0.310 e. The second-order valence-corrected chi connectivity index (χ2v) is 22.2. The van der Waals surface area contributed by atoms with Gasteiger partial charge in [0.25, 0.3) is 0 Å². The van der Waals surface area contributed by atoms with E-state index >= 15 is 0 Å². The number of rotatable bonds is 12. The fourth-order valence-corrected chi connectivity index (χ4v) is 13.3. The van der Waals surface area contributed by atoms with E-state index in [0.29, 0.717) is 5.95 Å². The van der Waals surface area contributed by atoms with Gasteiger partial charge in [-0.05, 0) is 146 Å². The zero-order valence-corrected chi connectivity index (χ0v) is 47.8. The molecule has 0 fully saturated rings. The Hall–Kier alpha value is -12.0. The lowest BCUT2D eigenvalue weighted by Gasteiger charge is -2.26. The molecular formula is C80H54N8. The van der Waals surface area contributed by atoms with E-state index in [4.69, 9.17) is 9.97 Å². The number of hydrogen-bond donors (Lipinski definition) is 0. The zero-order valence-electron chi connectivity index (χ0n) is 47.8. The summed E-state index contributed by atoms with van der Waals surface area (Å²) in [5.41, 5.74) is 17.5. The van der Waals surface area contributed by atoms with Gasteiger partial charge in [-0.2, -0.15) is 4.98 Å². The molecule has 0 saturated heterocycles. The summed E-state index contributed by atoms with van der Waals surface area (Å²) < 4.78 is 7.03. The highest BCUT2D eigenvalue weighted by atomic mass is 15.2. The van der Waals surface area contributed by atoms with Crippen molar-refractivity contribution in [3.05, 3.63) is 328 Å². The minimum atomic E-state index is 0.556. The van der Waals surface area contributed by atoms with Crippen molar-refractivity contribution in [2.24, 2.45) is 0 Å². The van der Waals surface area contributed by atoms with E-state index in [1.54, 1.807) is 0 Å². The van der Waals surface area contributed by atoms with E-state index in [0.717, 1.165) is 128 Å². The van der Waals surface area contributed by atoms with Crippen LogP contribution < -0.4 is 14.7 Å². The van der Waals surface area contributed by atoms with Crippen LogP contribution in [0.15, 0.2) is 328 Å². The van der Waals surface area contributed by atoms with Gasteiger partial charge in [-0.25, -0.2) is 4.98 Å². The quantitative estimate of drug-likeness (QED) is 0.122. The molecule has 8 heteroatoms. The summed E-state index contributed by atoms with van der Waals surface area (Å²) in [6.07, 6.45) is 0. The van der Waals surface area contributed by atoms with Gasteiger partial charge in [0.15, 0.2) is 5.82 Å². The molecule has 13 aromatic carbocycles. The van der Waals surface area contributed by atoms with Crippen molar-refractivity contribution in [1.82, 2.24) is 23.7 Å². The highest BCUT2D eigenvalue weighted by Crippen LogP contribution is 2.45. The Morgan fingerprint density at radius 1 is 0.205 bits per heavy atom. The lowest BCUT2D eigenvalue weighted by Crippen LogP contribution is -2.12. The number of fused-ring (bicyclic) bond motifs is 10. The first-order chi connectivity index (χ1) is 43.7. The van der Waals surface area contributed by atoms with Crippen molar-refractivity contribution < 1.29 is 0 Å². The molecule has 0 aliphatic heterocycles. The van der Waals surface area contributed by atoms with Gasteiger partial charge in [-0.15, -0.1) is 0 Å². The third-order valence-corrected chi connectivity index (χ3v) is 17.2. The van der Waals surface area contributed by atoms with Crippen molar-refractivity contribution in [1.29, 1.82) is 0 Å². The van der Waals surface area contributed by atoms with Gasteiger partial charge in [-0.1, -0.05) is 182 Å². The van der Waals surface area contributed by atoms with Crippen LogP contribution >= 0.6 is 0 Å². The molecule has 0 N–H and O–H groups in total. The van der Waals surface area contributed by atoms with Gasteiger partial charge >= 0.3 is 0 Å². The van der Waals surface area contributed by atoms with Gasteiger partial charge in [-0.3, -0.25) is 9.13 Å². The van der Waals surface area contributed by atoms with Crippen LogP contribution in [0.3, 0.4) is 0 Å². The molecule has 0 atom stereocenters. The normalized spacial score (nSPS) is 11.6. The first-order valence-corrected chi connectivity index (χ1v) is 29.8. The number of nitrogens with zero attached hydrogens (tertiary/aromatic N) is 8. The lowest BCUT2D eigenvalue weighted by molar-refractivity contribution is 0.972. The standard InChI is InChI=1S/C80H54N8/c1-7-25-55(26-8-1)83(56-27-9-2-10-28-56)62-43-48-69-66-38-20-23-41-74(66)87(77(69)53-62)79-71-51-61(85(59-33-15-5-16-34-59)64-45-47-68-65-37-19-22-40-73(65)86(76(68)52-64)60-35-17-6-18-36-60)46-50-72(71)81-80(82-79)88-75-42-24-21-39-67(75)70-49-44-63(54-78(70)88)84(57-29-11-3-12-30-57)58-31-13-4-14-32-58/h1-54H. The highest BCUT2D eigenvalue weighted by Gasteiger charge is 2.25. The SMILES string of the molecule is c1ccc(N(c2ccc3nc(-n4c5ccccc5c5ccc(N(c6ccccc6)c6ccccc6)cc54)nc(-n4c5ccccc5c5ccc(N(c6ccccc6)c6ccccc6)cc54)c3c2)c2ccc3c4ccccc4n(-c4ccccc4)c3c2)cc1. The number of para-hydroxylation sites is 9. The summed E-state index contributed by atoms with van der Waals surface area (Å²) >= 11 is 0. The van der Waals surface area contributed by atoms with Gasteiger partial charge in [0.1, 0.15) is 0 Å². The molecule has 0 amide bonds. The maximum absolute atomic E-state index is 5.99. The summed E-state index contributed by atoms with van der Waals surface area (Å²) in [5.74, 6) is 1.31. The van der Waals surface area contributed by atoms with E-state index in [-0.39, 0.29) is 0 Å². The molecule has 414 valence electrons. The summed E-state index contributed by atoms with van der Waals surface area (Å²) in [5, 5.41) is 7.73. The molecule has 88 heavy (non-hydrogen) atoms. The molecule has 0 unspecified atom stereocenters. The predicted octanol–water partition coefficient (Wildman–Crippen LogP) is 21.3. The highest BCUT2D eigenvalue weighted by molar-refractivity contribution is 6.14. The Balaban J connectivity index is 0.947. The number of anilines is 9. The maximum Gasteiger partial charge on any atom is 0.237 e. The van der Waals surface area contributed by atoms with Crippen LogP contribution in [0.2, 0.25) is 0 Å². The Morgan fingerprint density at radius 2 is 0.511 bits per heavy atom. The second-order valence-electron chi connectivity index (χ2n) is 22.2. The average Bonchev–Trinajstić information content (AvgIpc) is 2.18. The van der Waals surface area contributed by atoms with Gasteiger partial charge < -0.3 is 19.3 Å². The van der Waals surface area contributed by atoms with Crippen molar-refractivity contribution in [3.63, 3.8) is 0 Å².